The summed E-state index contributed by atoms with van der Waals surface area (Å²) in [7, 11) is -3.79. The minimum atomic E-state index is -3.79. The fraction of sp³-hybridized carbons (Fsp3) is 0.435. The predicted octanol–water partition coefficient (Wildman–Crippen LogP) is 4.90. The number of thioether (sulfide) groups is 1. The maximum Gasteiger partial charge on any atom is 0.262 e. The maximum absolute atomic E-state index is 13.0. The zero-order chi connectivity index (χ0) is 22.9. The molecule has 0 saturated heterocycles. The van der Waals surface area contributed by atoms with Crippen LogP contribution in [0.3, 0.4) is 0 Å². The fourth-order valence-electron chi connectivity index (χ4n) is 3.04. The third-order valence-electron chi connectivity index (χ3n) is 4.70. The summed E-state index contributed by atoms with van der Waals surface area (Å²) in [6.07, 6.45) is 2.14. The van der Waals surface area contributed by atoms with Crippen molar-refractivity contribution >= 4 is 39.1 Å². The number of ether oxygens (including phenoxy) is 1. The van der Waals surface area contributed by atoms with Crippen LogP contribution in [-0.4, -0.2) is 39.0 Å². The van der Waals surface area contributed by atoms with Crippen molar-refractivity contribution in [2.75, 3.05) is 34.8 Å². The molecule has 0 bridgehead atoms. The van der Waals surface area contributed by atoms with Gasteiger partial charge in [-0.15, -0.1) is 11.8 Å². The van der Waals surface area contributed by atoms with Crippen molar-refractivity contribution in [1.29, 1.82) is 0 Å². The van der Waals surface area contributed by atoms with Crippen molar-refractivity contribution in [2.24, 2.45) is 0 Å². The number of aryl methyl sites for hydroxylation is 2. The normalized spacial score (nSPS) is 11.4. The highest BCUT2D eigenvalue weighted by molar-refractivity contribution is 7.99. The van der Waals surface area contributed by atoms with Crippen LogP contribution < -0.4 is 10.0 Å². The molecule has 0 aliphatic heterocycles. The number of benzene rings is 2. The van der Waals surface area contributed by atoms with E-state index in [9.17, 15) is 13.2 Å². The van der Waals surface area contributed by atoms with Gasteiger partial charge >= 0.3 is 0 Å². The number of rotatable bonds is 12. The molecule has 0 aliphatic rings. The molecule has 31 heavy (non-hydrogen) atoms. The second-order valence-corrected chi connectivity index (χ2v) is 10.2. The Balaban J connectivity index is 2.04. The smallest absolute Gasteiger partial charge is 0.262 e. The van der Waals surface area contributed by atoms with Crippen LogP contribution in [0.1, 0.15) is 36.5 Å². The molecule has 2 aromatic rings. The van der Waals surface area contributed by atoms with Gasteiger partial charge in [0.1, 0.15) is 0 Å². The highest BCUT2D eigenvalue weighted by Crippen LogP contribution is 2.28. The number of hydrogen-bond donors (Lipinski definition) is 2. The quantitative estimate of drug-likeness (QED) is 0.437. The first-order valence-electron chi connectivity index (χ1n) is 10.4. The zero-order valence-electron chi connectivity index (χ0n) is 18.7. The van der Waals surface area contributed by atoms with Gasteiger partial charge in [-0.3, -0.25) is 9.52 Å². The summed E-state index contributed by atoms with van der Waals surface area (Å²) >= 11 is 1.50. The van der Waals surface area contributed by atoms with Crippen LogP contribution in [0.4, 0.5) is 11.4 Å². The SMILES string of the molecule is CCCCOCCSCC(=O)Nc1c(C)ccc(S(=O)(=O)Nc2cccc(C)c2)c1C. The fourth-order valence-corrected chi connectivity index (χ4v) is 4.97. The van der Waals surface area contributed by atoms with E-state index in [1.54, 1.807) is 37.3 Å². The number of sulfonamides is 1. The van der Waals surface area contributed by atoms with Crippen molar-refractivity contribution in [3.05, 3.63) is 53.1 Å². The van der Waals surface area contributed by atoms with Crippen molar-refractivity contribution in [2.45, 2.75) is 45.4 Å². The Kier molecular flexibility index (Phi) is 9.87. The van der Waals surface area contributed by atoms with Gasteiger partial charge in [-0.1, -0.05) is 31.5 Å². The van der Waals surface area contributed by atoms with Gasteiger partial charge in [-0.25, -0.2) is 8.42 Å². The lowest BCUT2D eigenvalue weighted by molar-refractivity contribution is -0.113. The van der Waals surface area contributed by atoms with Crippen LogP contribution in [0, 0.1) is 20.8 Å². The number of amides is 1. The Labute approximate surface area is 190 Å². The summed E-state index contributed by atoms with van der Waals surface area (Å²) in [5.41, 5.74) is 3.33. The molecule has 0 radical (unpaired) electrons. The van der Waals surface area contributed by atoms with Crippen LogP contribution in [0.15, 0.2) is 41.3 Å². The van der Waals surface area contributed by atoms with E-state index in [1.807, 2.05) is 19.9 Å². The Hall–Kier alpha value is -2.03. The van der Waals surface area contributed by atoms with E-state index in [-0.39, 0.29) is 16.6 Å². The number of unbranched alkanes of at least 4 members (excludes halogenated alkanes) is 1. The van der Waals surface area contributed by atoms with Crippen molar-refractivity contribution in [3.63, 3.8) is 0 Å². The molecular weight excluding hydrogens is 432 g/mol. The van der Waals surface area contributed by atoms with Crippen molar-refractivity contribution in [3.8, 4) is 0 Å². The van der Waals surface area contributed by atoms with Crippen LogP contribution in [-0.2, 0) is 19.6 Å². The van der Waals surface area contributed by atoms with Crippen LogP contribution in [0.5, 0.6) is 0 Å². The summed E-state index contributed by atoms with van der Waals surface area (Å²) < 4.78 is 34.0. The van der Waals surface area contributed by atoms with E-state index in [0.717, 1.165) is 36.3 Å². The molecule has 0 unspecified atom stereocenters. The monoisotopic (exact) mass is 464 g/mol. The van der Waals surface area contributed by atoms with E-state index in [1.165, 1.54) is 11.8 Å². The molecule has 0 heterocycles. The number of nitrogens with one attached hydrogen (secondary N) is 2. The van der Waals surface area contributed by atoms with Crippen LogP contribution >= 0.6 is 11.8 Å². The molecule has 0 atom stereocenters. The first-order chi connectivity index (χ1) is 14.7. The average Bonchev–Trinajstić information content (AvgIpc) is 2.70. The molecule has 0 aromatic heterocycles. The molecule has 2 N–H and O–H groups in total. The summed E-state index contributed by atoms with van der Waals surface area (Å²) in [6, 6.07) is 10.5. The van der Waals surface area contributed by atoms with Gasteiger partial charge in [0.15, 0.2) is 0 Å². The van der Waals surface area contributed by atoms with Crippen molar-refractivity contribution in [1.82, 2.24) is 0 Å². The first-order valence-corrected chi connectivity index (χ1v) is 13.0. The Morgan fingerprint density at radius 2 is 1.87 bits per heavy atom. The van der Waals surface area contributed by atoms with Gasteiger partial charge in [0.25, 0.3) is 10.0 Å². The largest absolute Gasteiger partial charge is 0.381 e. The molecule has 1 amide bonds. The number of carbonyl (C=O) groups is 1. The molecular formula is C23H32N2O4S2. The topological polar surface area (TPSA) is 84.5 Å². The Morgan fingerprint density at radius 1 is 1.10 bits per heavy atom. The molecule has 6 nitrogen and oxygen atoms in total. The molecule has 0 saturated carbocycles. The molecule has 0 aliphatic carbocycles. The van der Waals surface area contributed by atoms with E-state index in [2.05, 4.69) is 17.0 Å². The second-order valence-electron chi connectivity index (χ2n) is 7.42. The highest BCUT2D eigenvalue weighted by Gasteiger charge is 2.21. The molecule has 2 rings (SSSR count). The average molecular weight is 465 g/mol. The van der Waals surface area contributed by atoms with Crippen LogP contribution in [0.2, 0.25) is 0 Å². The molecule has 170 valence electrons. The third kappa shape index (κ3) is 7.87. The Morgan fingerprint density at radius 3 is 2.58 bits per heavy atom. The minimum absolute atomic E-state index is 0.145. The highest BCUT2D eigenvalue weighted by atomic mass is 32.2. The third-order valence-corrected chi connectivity index (χ3v) is 7.14. The number of anilines is 2. The van der Waals surface area contributed by atoms with Gasteiger partial charge in [-0.05, 0) is 62.1 Å². The summed E-state index contributed by atoms with van der Waals surface area (Å²) in [4.78, 5) is 12.5. The van der Waals surface area contributed by atoms with Crippen molar-refractivity contribution < 1.29 is 17.9 Å². The van der Waals surface area contributed by atoms with E-state index in [4.69, 9.17) is 4.74 Å². The minimum Gasteiger partial charge on any atom is -0.381 e. The van der Waals surface area contributed by atoms with E-state index in [0.29, 0.717) is 23.5 Å². The maximum atomic E-state index is 13.0. The van der Waals surface area contributed by atoms with Gasteiger partial charge < -0.3 is 10.1 Å². The molecule has 0 spiro atoms. The standard InChI is InChI=1S/C23H32N2O4S2/c1-5-6-12-29-13-14-30-16-22(26)24-23-18(3)10-11-21(19(23)4)31(27,28)25-20-9-7-8-17(2)15-20/h7-11,15,25H,5-6,12-14,16H2,1-4H3,(H,24,26). The van der Waals surface area contributed by atoms with Gasteiger partial charge in [0.2, 0.25) is 5.91 Å². The Bertz CT molecular complexity index is 991. The number of carbonyl (C=O) groups excluding carboxylic acids is 1. The summed E-state index contributed by atoms with van der Waals surface area (Å²) in [6.45, 7) is 8.95. The molecule has 0 fully saturated rings. The van der Waals surface area contributed by atoms with Gasteiger partial charge in [-0.2, -0.15) is 0 Å². The summed E-state index contributed by atoms with van der Waals surface area (Å²) in [5.74, 6) is 0.865. The lowest BCUT2D eigenvalue weighted by Gasteiger charge is -2.16. The number of hydrogen-bond acceptors (Lipinski definition) is 5. The zero-order valence-corrected chi connectivity index (χ0v) is 20.3. The van der Waals surface area contributed by atoms with E-state index >= 15 is 0 Å². The first kappa shape index (κ1) is 25.2. The second kappa shape index (κ2) is 12.1. The molecule has 2 aromatic carbocycles. The molecule has 8 heteroatoms. The van der Waals surface area contributed by atoms with Gasteiger partial charge in [0, 0.05) is 23.7 Å². The van der Waals surface area contributed by atoms with Crippen LogP contribution in [0.25, 0.3) is 0 Å². The van der Waals surface area contributed by atoms with Gasteiger partial charge in [0.05, 0.1) is 17.3 Å². The lowest BCUT2D eigenvalue weighted by atomic mass is 10.1. The van der Waals surface area contributed by atoms with E-state index < -0.39 is 10.0 Å². The predicted molar refractivity (Wildman–Crippen MR) is 130 cm³/mol. The summed E-state index contributed by atoms with van der Waals surface area (Å²) in [5, 5.41) is 2.88. The lowest BCUT2D eigenvalue weighted by Crippen LogP contribution is -2.19.